The van der Waals surface area contributed by atoms with E-state index in [2.05, 4.69) is 36.9 Å². The Hall–Kier alpha value is -1.62. The van der Waals surface area contributed by atoms with Crippen LogP contribution in [0.3, 0.4) is 0 Å². The van der Waals surface area contributed by atoms with Crippen LogP contribution >= 0.6 is 0 Å². The molecule has 0 bridgehead atoms. The molecule has 2 aliphatic rings. The summed E-state index contributed by atoms with van der Waals surface area (Å²) in [5.41, 5.74) is 1.28. The van der Waals surface area contributed by atoms with Gasteiger partial charge in [0.1, 0.15) is 5.82 Å². The van der Waals surface area contributed by atoms with Crippen LogP contribution in [0.25, 0.3) is 0 Å². The van der Waals surface area contributed by atoms with Gasteiger partial charge in [0.2, 0.25) is 0 Å². The second-order valence-electron chi connectivity index (χ2n) is 6.07. The number of likely N-dealkylation sites (tertiary alicyclic amines) is 1. The average molecular weight is 271 g/mol. The fourth-order valence-corrected chi connectivity index (χ4v) is 3.30. The smallest absolute Gasteiger partial charge is 0.123 e. The maximum atomic E-state index is 4.56. The molecule has 5 heteroatoms. The van der Waals surface area contributed by atoms with E-state index in [9.17, 15) is 0 Å². The molecule has 0 amide bonds. The molecule has 106 valence electrons. The number of hydrogen-bond acceptors (Lipinski definition) is 3. The second-order valence-corrected chi connectivity index (χ2v) is 6.07. The van der Waals surface area contributed by atoms with E-state index in [1.165, 1.54) is 43.7 Å². The number of hydrogen-bond donors (Lipinski definition) is 1. The van der Waals surface area contributed by atoms with Gasteiger partial charge >= 0.3 is 0 Å². The molecule has 20 heavy (non-hydrogen) atoms. The Bertz CT molecular complexity index is 555. The first-order chi connectivity index (χ1) is 9.90. The molecule has 1 saturated carbocycles. The summed E-state index contributed by atoms with van der Waals surface area (Å²) in [6.07, 6.45) is 11.1. The van der Waals surface area contributed by atoms with E-state index in [4.69, 9.17) is 0 Å². The van der Waals surface area contributed by atoms with E-state index in [0.717, 1.165) is 19.1 Å². The number of aromatic nitrogens is 4. The van der Waals surface area contributed by atoms with E-state index in [1.54, 1.807) is 0 Å². The number of aromatic amines is 1. The van der Waals surface area contributed by atoms with Gasteiger partial charge in [0.05, 0.1) is 6.54 Å². The number of nitrogens with zero attached hydrogens (tertiary/aromatic N) is 4. The Balaban J connectivity index is 1.44. The first kappa shape index (κ1) is 12.1. The molecule has 0 spiro atoms. The first-order valence-electron chi connectivity index (χ1n) is 7.63. The van der Waals surface area contributed by atoms with Crippen LogP contribution in [-0.4, -0.2) is 37.7 Å². The predicted molar refractivity (Wildman–Crippen MR) is 76.3 cm³/mol. The van der Waals surface area contributed by atoms with Gasteiger partial charge in [-0.15, -0.1) is 0 Å². The summed E-state index contributed by atoms with van der Waals surface area (Å²) in [4.78, 5) is 7.10. The molecule has 1 N–H and O–H groups in total. The summed E-state index contributed by atoms with van der Waals surface area (Å²) in [5, 5.41) is 7.21. The minimum absolute atomic E-state index is 0.593. The Morgan fingerprint density at radius 3 is 3.00 bits per heavy atom. The lowest BCUT2D eigenvalue weighted by Crippen LogP contribution is -2.34. The summed E-state index contributed by atoms with van der Waals surface area (Å²) in [6.45, 7) is 3.27. The van der Waals surface area contributed by atoms with Crippen molar-refractivity contribution in [3.8, 4) is 0 Å². The maximum absolute atomic E-state index is 4.56. The lowest BCUT2D eigenvalue weighted by molar-refractivity contribution is 0.192. The first-order valence-corrected chi connectivity index (χ1v) is 7.63. The summed E-state index contributed by atoms with van der Waals surface area (Å²) in [7, 11) is 0. The second kappa shape index (κ2) is 5.05. The Labute approximate surface area is 119 Å². The fourth-order valence-electron chi connectivity index (χ4n) is 3.30. The quantitative estimate of drug-likeness (QED) is 0.928. The van der Waals surface area contributed by atoms with Gasteiger partial charge in [0.15, 0.2) is 0 Å². The fraction of sp³-hybridized carbons (Fsp3) is 0.600. The third-order valence-electron chi connectivity index (χ3n) is 4.52. The van der Waals surface area contributed by atoms with Gasteiger partial charge in [-0.3, -0.25) is 10.00 Å². The molecule has 2 aromatic rings. The van der Waals surface area contributed by atoms with Crippen molar-refractivity contribution in [1.29, 1.82) is 0 Å². The third-order valence-corrected chi connectivity index (χ3v) is 4.52. The lowest BCUT2D eigenvalue weighted by Gasteiger charge is -2.32. The van der Waals surface area contributed by atoms with Gasteiger partial charge in [0, 0.05) is 42.8 Å². The zero-order chi connectivity index (χ0) is 13.4. The molecule has 4 rings (SSSR count). The van der Waals surface area contributed by atoms with E-state index in [-0.39, 0.29) is 0 Å². The van der Waals surface area contributed by atoms with E-state index < -0.39 is 0 Å². The summed E-state index contributed by atoms with van der Waals surface area (Å²) >= 11 is 0. The van der Waals surface area contributed by atoms with Crippen molar-refractivity contribution >= 4 is 0 Å². The Kier molecular flexibility index (Phi) is 3.07. The molecule has 1 saturated heterocycles. The third kappa shape index (κ3) is 2.38. The standard InChI is InChI=1S/C15H21N5/c1-2-12(14-5-6-17-18-14)10-19(8-1)11-15-16-7-9-20(15)13-3-4-13/h5-7,9,12-13H,1-4,8,10-11H2,(H,17,18)/t12-/m0/s1. The Morgan fingerprint density at radius 2 is 2.20 bits per heavy atom. The zero-order valence-corrected chi connectivity index (χ0v) is 11.7. The molecule has 2 fully saturated rings. The average Bonchev–Trinajstić information content (AvgIpc) is 3.00. The summed E-state index contributed by atoms with van der Waals surface area (Å²) < 4.78 is 2.37. The zero-order valence-electron chi connectivity index (χ0n) is 11.7. The number of rotatable bonds is 4. The van der Waals surface area contributed by atoms with Crippen molar-refractivity contribution in [1.82, 2.24) is 24.6 Å². The van der Waals surface area contributed by atoms with Crippen molar-refractivity contribution in [2.24, 2.45) is 0 Å². The monoisotopic (exact) mass is 271 g/mol. The van der Waals surface area contributed by atoms with Crippen LogP contribution in [0.4, 0.5) is 0 Å². The number of piperidine rings is 1. The molecular weight excluding hydrogens is 250 g/mol. The molecule has 0 aromatic carbocycles. The highest BCUT2D eigenvalue weighted by Crippen LogP contribution is 2.36. The van der Waals surface area contributed by atoms with Crippen LogP contribution in [0.15, 0.2) is 24.7 Å². The molecule has 1 aliphatic heterocycles. The molecule has 1 aliphatic carbocycles. The van der Waals surface area contributed by atoms with Gasteiger partial charge < -0.3 is 4.57 Å². The van der Waals surface area contributed by atoms with Crippen molar-refractivity contribution in [2.45, 2.75) is 44.2 Å². The van der Waals surface area contributed by atoms with Crippen molar-refractivity contribution in [2.75, 3.05) is 13.1 Å². The highest BCUT2D eigenvalue weighted by molar-refractivity contribution is 5.08. The topological polar surface area (TPSA) is 49.7 Å². The Morgan fingerprint density at radius 1 is 1.25 bits per heavy atom. The van der Waals surface area contributed by atoms with E-state index in [1.807, 2.05) is 12.4 Å². The minimum Gasteiger partial charge on any atom is -0.331 e. The van der Waals surface area contributed by atoms with Crippen LogP contribution in [-0.2, 0) is 6.54 Å². The van der Waals surface area contributed by atoms with Crippen LogP contribution in [0.5, 0.6) is 0 Å². The molecule has 2 aromatic heterocycles. The summed E-state index contributed by atoms with van der Waals surface area (Å²) in [6, 6.07) is 2.83. The molecule has 5 nitrogen and oxygen atoms in total. The van der Waals surface area contributed by atoms with Crippen LogP contribution < -0.4 is 0 Å². The highest BCUT2D eigenvalue weighted by Gasteiger charge is 2.27. The van der Waals surface area contributed by atoms with E-state index >= 15 is 0 Å². The number of H-pyrrole nitrogens is 1. The minimum atomic E-state index is 0.593. The largest absolute Gasteiger partial charge is 0.331 e. The van der Waals surface area contributed by atoms with Gasteiger partial charge in [-0.05, 0) is 38.3 Å². The van der Waals surface area contributed by atoms with Crippen LogP contribution in [0.1, 0.15) is 49.2 Å². The van der Waals surface area contributed by atoms with Gasteiger partial charge in [0.25, 0.3) is 0 Å². The molecular formula is C15H21N5. The molecule has 1 atom stereocenters. The maximum Gasteiger partial charge on any atom is 0.123 e. The summed E-state index contributed by atoms with van der Waals surface area (Å²) in [5.74, 6) is 1.83. The molecule has 0 radical (unpaired) electrons. The number of nitrogens with one attached hydrogen (secondary N) is 1. The van der Waals surface area contributed by atoms with Gasteiger partial charge in [-0.1, -0.05) is 0 Å². The van der Waals surface area contributed by atoms with Crippen molar-refractivity contribution in [3.63, 3.8) is 0 Å². The van der Waals surface area contributed by atoms with E-state index in [0.29, 0.717) is 5.92 Å². The highest BCUT2D eigenvalue weighted by atomic mass is 15.2. The normalized spacial score (nSPS) is 24.1. The lowest BCUT2D eigenvalue weighted by atomic mass is 9.95. The van der Waals surface area contributed by atoms with Crippen LogP contribution in [0, 0.1) is 0 Å². The van der Waals surface area contributed by atoms with Crippen LogP contribution in [0.2, 0.25) is 0 Å². The SMILES string of the molecule is c1cc([C@H]2CCCN(Cc3nccn3C3CC3)C2)[nH]n1. The van der Waals surface area contributed by atoms with Gasteiger partial charge in [-0.2, -0.15) is 5.10 Å². The van der Waals surface area contributed by atoms with Gasteiger partial charge in [-0.25, -0.2) is 4.98 Å². The number of imidazole rings is 1. The molecule has 0 unspecified atom stereocenters. The molecule has 3 heterocycles. The van der Waals surface area contributed by atoms with Crippen molar-refractivity contribution < 1.29 is 0 Å². The van der Waals surface area contributed by atoms with Crippen molar-refractivity contribution in [3.05, 3.63) is 36.2 Å². The predicted octanol–water partition coefficient (Wildman–Crippen LogP) is 2.32.